The minimum Gasteiger partial charge on any atom is -0.254 e. The molecule has 7 aromatic carbocycles. The maximum atomic E-state index is 5.36. The first-order valence-corrected chi connectivity index (χ1v) is 15.5. The van der Waals surface area contributed by atoms with Gasteiger partial charge in [-0.3, -0.25) is 4.99 Å². The molecule has 0 aromatic heterocycles. The van der Waals surface area contributed by atoms with Gasteiger partial charge in [-0.05, 0) is 66.6 Å². The number of fused-ring (bicyclic) bond motifs is 6. The third kappa shape index (κ3) is 3.67. The molecule has 0 N–H and O–H groups in total. The second kappa shape index (κ2) is 9.59. The van der Waals surface area contributed by atoms with Crippen LogP contribution in [0.15, 0.2) is 162 Å². The SMILES string of the molecule is CC1C2C(c3ccc(-c4cc5ccc6ccccc6c5c5ccccc45)cc3)=NC(c3ccccc3)=NC12c1ccccc1. The molecule has 1 aliphatic carbocycles. The van der Waals surface area contributed by atoms with E-state index in [4.69, 9.17) is 9.98 Å². The summed E-state index contributed by atoms with van der Waals surface area (Å²) in [6.45, 7) is 2.32. The quantitative estimate of drug-likeness (QED) is 0.191. The maximum Gasteiger partial charge on any atom is 0.155 e. The lowest BCUT2D eigenvalue weighted by atomic mass is 9.90. The highest BCUT2D eigenvalue weighted by atomic mass is 15.1. The summed E-state index contributed by atoms with van der Waals surface area (Å²) in [4.78, 5) is 10.6. The number of benzene rings is 7. The fourth-order valence-electron chi connectivity index (χ4n) is 7.65. The number of aliphatic imine (C=N–C) groups is 2. The molecule has 1 saturated carbocycles. The Morgan fingerprint density at radius 2 is 1.14 bits per heavy atom. The van der Waals surface area contributed by atoms with Crippen molar-refractivity contribution in [1.82, 2.24) is 0 Å². The Kier molecular flexibility index (Phi) is 5.49. The van der Waals surface area contributed by atoms with Crippen molar-refractivity contribution >= 4 is 43.9 Å². The van der Waals surface area contributed by atoms with Crippen LogP contribution >= 0.6 is 0 Å². The molecule has 0 spiro atoms. The summed E-state index contributed by atoms with van der Waals surface area (Å²) in [7, 11) is 0. The summed E-state index contributed by atoms with van der Waals surface area (Å²) in [6, 6.07) is 54.7. The van der Waals surface area contributed by atoms with E-state index in [-0.39, 0.29) is 11.5 Å². The van der Waals surface area contributed by atoms with Gasteiger partial charge in [0, 0.05) is 11.5 Å². The molecule has 7 aromatic rings. The summed E-state index contributed by atoms with van der Waals surface area (Å²) in [5.74, 6) is 1.43. The fraction of sp³-hybridized carbons (Fsp3) is 0.0952. The molecule has 0 radical (unpaired) electrons. The number of amidine groups is 1. The van der Waals surface area contributed by atoms with Gasteiger partial charge in [0.25, 0.3) is 0 Å². The van der Waals surface area contributed by atoms with Crippen molar-refractivity contribution in [1.29, 1.82) is 0 Å². The van der Waals surface area contributed by atoms with Gasteiger partial charge in [-0.2, -0.15) is 0 Å². The van der Waals surface area contributed by atoms with Crippen molar-refractivity contribution in [2.45, 2.75) is 12.5 Å². The number of nitrogens with zero attached hydrogens (tertiary/aromatic N) is 2. The molecule has 208 valence electrons. The summed E-state index contributed by atoms with van der Waals surface area (Å²) >= 11 is 0. The third-order valence-corrected chi connectivity index (χ3v) is 9.88. The van der Waals surface area contributed by atoms with Gasteiger partial charge in [-0.25, -0.2) is 4.99 Å². The average molecular weight is 563 g/mol. The molecule has 3 unspecified atom stereocenters. The van der Waals surface area contributed by atoms with Gasteiger partial charge in [0.1, 0.15) is 5.54 Å². The van der Waals surface area contributed by atoms with Gasteiger partial charge in [0.15, 0.2) is 5.84 Å². The van der Waals surface area contributed by atoms with Crippen molar-refractivity contribution in [3.8, 4) is 11.1 Å². The molecule has 44 heavy (non-hydrogen) atoms. The molecule has 0 saturated heterocycles. The van der Waals surface area contributed by atoms with Crippen LogP contribution in [0.5, 0.6) is 0 Å². The molecule has 2 aliphatic rings. The first-order valence-electron chi connectivity index (χ1n) is 15.5. The third-order valence-electron chi connectivity index (χ3n) is 9.88. The fourth-order valence-corrected chi connectivity index (χ4v) is 7.65. The number of hydrogen-bond acceptors (Lipinski definition) is 2. The number of rotatable bonds is 4. The van der Waals surface area contributed by atoms with Crippen LogP contribution in [0.25, 0.3) is 43.4 Å². The molecule has 3 atom stereocenters. The molecule has 0 bridgehead atoms. The van der Waals surface area contributed by atoms with Crippen LogP contribution in [0.1, 0.15) is 23.6 Å². The molecule has 1 heterocycles. The lowest BCUT2D eigenvalue weighted by Gasteiger charge is -2.21. The lowest BCUT2D eigenvalue weighted by molar-refractivity contribution is 0.656. The van der Waals surface area contributed by atoms with Crippen LogP contribution in [-0.4, -0.2) is 11.5 Å². The van der Waals surface area contributed by atoms with Gasteiger partial charge in [-0.1, -0.05) is 153 Å². The van der Waals surface area contributed by atoms with Crippen molar-refractivity contribution < 1.29 is 0 Å². The smallest absolute Gasteiger partial charge is 0.155 e. The van der Waals surface area contributed by atoms with Gasteiger partial charge < -0.3 is 0 Å². The molecular formula is C42H30N2. The van der Waals surface area contributed by atoms with E-state index in [2.05, 4.69) is 153 Å². The van der Waals surface area contributed by atoms with E-state index in [9.17, 15) is 0 Å². The van der Waals surface area contributed by atoms with Crippen LogP contribution in [0.3, 0.4) is 0 Å². The average Bonchev–Trinajstić information content (AvgIpc) is 3.72. The molecule has 1 aliphatic heterocycles. The van der Waals surface area contributed by atoms with Gasteiger partial charge in [0.05, 0.1) is 5.71 Å². The van der Waals surface area contributed by atoms with Gasteiger partial charge in [-0.15, -0.1) is 0 Å². The predicted octanol–water partition coefficient (Wildman–Crippen LogP) is 10.2. The molecule has 9 rings (SSSR count). The highest BCUT2D eigenvalue weighted by molar-refractivity contribution is 6.23. The Hall–Kier alpha value is -5.34. The zero-order valence-corrected chi connectivity index (χ0v) is 24.5. The van der Waals surface area contributed by atoms with Gasteiger partial charge >= 0.3 is 0 Å². The van der Waals surface area contributed by atoms with Crippen molar-refractivity contribution in [3.05, 3.63) is 168 Å². The second-order valence-electron chi connectivity index (χ2n) is 12.2. The van der Waals surface area contributed by atoms with Gasteiger partial charge in [0.2, 0.25) is 0 Å². The Bertz CT molecular complexity index is 2280. The Labute approximate surface area is 257 Å². The zero-order chi connectivity index (χ0) is 29.3. The van der Waals surface area contributed by atoms with Crippen LogP contribution < -0.4 is 0 Å². The van der Waals surface area contributed by atoms with Crippen LogP contribution in [0.4, 0.5) is 0 Å². The Morgan fingerprint density at radius 1 is 0.523 bits per heavy atom. The summed E-state index contributed by atoms with van der Waals surface area (Å²) < 4.78 is 0. The zero-order valence-electron chi connectivity index (χ0n) is 24.5. The normalized spacial score (nSPS) is 20.8. The summed E-state index contributed by atoms with van der Waals surface area (Å²) in [5.41, 5.74) is 6.82. The summed E-state index contributed by atoms with van der Waals surface area (Å²) in [6.07, 6.45) is 0. The highest BCUT2D eigenvalue weighted by Gasteiger charge is 2.67. The molecule has 1 fully saturated rings. The highest BCUT2D eigenvalue weighted by Crippen LogP contribution is 2.63. The number of hydrogen-bond donors (Lipinski definition) is 0. The first-order chi connectivity index (χ1) is 21.7. The molecule has 2 nitrogen and oxygen atoms in total. The van der Waals surface area contributed by atoms with E-state index in [0.29, 0.717) is 5.92 Å². The monoisotopic (exact) mass is 562 g/mol. The van der Waals surface area contributed by atoms with Crippen LogP contribution in [-0.2, 0) is 5.54 Å². The largest absolute Gasteiger partial charge is 0.254 e. The molecule has 2 heteroatoms. The lowest BCUT2D eigenvalue weighted by Crippen LogP contribution is -2.22. The van der Waals surface area contributed by atoms with E-state index >= 15 is 0 Å². The Balaban J connectivity index is 1.18. The van der Waals surface area contributed by atoms with Crippen molar-refractivity contribution in [2.75, 3.05) is 0 Å². The van der Waals surface area contributed by atoms with Crippen molar-refractivity contribution in [2.24, 2.45) is 21.8 Å². The van der Waals surface area contributed by atoms with E-state index in [1.807, 2.05) is 6.07 Å². The molecule has 0 amide bonds. The van der Waals surface area contributed by atoms with E-state index in [0.717, 1.165) is 17.1 Å². The van der Waals surface area contributed by atoms with E-state index < -0.39 is 0 Å². The molecular weight excluding hydrogens is 532 g/mol. The minimum absolute atomic E-state index is 0.248. The Morgan fingerprint density at radius 3 is 1.91 bits per heavy atom. The topological polar surface area (TPSA) is 24.7 Å². The van der Waals surface area contributed by atoms with Crippen molar-refractivity contribution in [3.63, 3.8) is 0 Å². The summed E-state index contributed by atoms with van der Waals surface area (Å²) in [5, 5.41) is 7.73. The van der Waals surface area contributed by atoms with E-state index in [1.54, 1.807) is 0 Å². The second-order valence-corrected chi connectivity index (χ2v) is 12.2. The minimum atomic E-state index is -0.278. The standard InChI is InChI=1S/C42H30N2/c1-27-39-40(43-41(31-13-4-2-5-14-31)44-42(27,39)33-15-6-3-7-16-33)30-23-20-29(21-24-30)37-26-32-25-22-28-12-8-9-17-34(28)38(32)36-19-11-10-18-35(36)37/h2-27,39H,1H3. The van der Waals surface area contributed by atoms with E-state index in [1.165, 1.54) is 54.6 Å². The first kappa shape index (κ1) is 25.2. The van der Waals surface area contributed by atoms with Crippen LogP contribution in [0, 0.1) is 11.8 Å². The van der Waals surface area contributed by atoms with Crippen LogP contribution in [0.2, 0.25) is 0 Å². The maximum absolute atomic E-state index is 5.36. The predicted molar refractivity (Wildman–Crippen MR) is 185 cm³/mol.